The summed E-state index contributed by atoms with van der Waals surface area (Å²) >= 11 is 0. The average Bonchev–Trinajstić information content (AvgIpc) is 3.35. The van der Waals surface area contributed by atoms with E-state index in [-0.39, 0.29) is 0 Å². The summed E-state index contributed by atoms with van der Waals surface area (Å²) in [6, 6.07) is 0. The van der Waals surface area contributed by atoms with E-state index >= 15 is 0 Å². The molecular formula is C20H24O11. The zero-order valence-corrected chi connectivity index (χ0v) is 17.3. The van der Waals surface area contributed by atoms with Crippen molar-refractivity contribution in [2.24, 2.45) is 28.1 Å². The number of hydrogen-bond donors (Lipinski definition) is 4. The van der Waals surface area contributed by atoms with Gasteiger partial charge in [-0.25, -0.2) is 9.59 Å². The predicted octanol–water partition coefficient (Wildman–Crippen LogP) is -2.40. The van der Waals surface area contributed by atoms with Crippen molar-refractivity contribution in [1.82, 2.24) is 0 Å². The maximum atomic E-state index is 13.4. The molecule has 2 saturated carbocycles. The molecule has 0 bridgehead atoms. The van der Waals surface area contributed by atoms with Gasteiger partial charge in [-0.3, -0.25) is 4.79 Å². The van der Waals surface area contributed by atoms with Crippen LogP contribution in [0.2, 0.25) is 0 Å². The molecule has 6 rings (SSSR count). The number of aliphatic hydroxyl groups excluding tert-OH is 3. The lowest BCUT2D eigenvalue weighted by molar-refractivity contribution is -0.240. The first-order valence-electron chi connectivity index (χ1n) is 10.3. The molecule has 11 nitrogen and oxygen atoms in total. The lowest BCUT2D eigenvalue weighted by atomic mass is 9.51. The Balaban J connectivity index is 1.75. The van der Waals surface area contributed by atoms with Gasteiger partial charge in [-0.05, 0) is 12.3 Å². The monoisotopic (exact) mass is 440 g/mol. The second-order valence-corrected chi connectivity index (χ2v) is 10.8. The van der Waals surface area contributed by atoms with Gasteiger partial charge in [0.2, 0.25) is 11.9 Å². The standard InChI is InChI=1S/C20H24O11/c1-5-12(24)28-11-8(22)18-10-6(21)7(16(2,3)4)17(18)9(23)13(25)30-15(17)31-20(18,14(26)29-10)19(5,11)27/h5-11,15,21-23,27H,1-4H3/t5-,6?,7?,8+,9+,10-,11+,15+,17?,18-,19-,20-/m1/s1. The number of carbonyl (C=O) groups is 3. The van der Waals surface area contributed by atoms with Crippen molar-refractivity contribution < 1.29 is 53.8 Å². The Labute approximate surface area is 176 Å². The van der Waals surface area contributed by atoms with Crippen molar-refractivity contribution >= 4 is 17.9 Å². The molecule has 4 aliphatic heterocycles. The Morgan fingerprint density at radius 3 is 2.19 bits per heavy atom. The lowest BCUT2D eigenvalue weighted by Crippen LogP contribution is -2.67. The number of fused-ring (bicyclic) bond motifs is 1. The molecule has 4 N–H and O–H groups in total. The molecule has 6 aliphatic rings. The predicted molar refractivity (Wildman–Crippen MR) is 93.4 cm³/mol. The van der Waals surface area contributed by atoms with Crippen LogP contribution in [0.4, 0.5) is 0 Å². The highest BCUT2D eigenvalue weighted by molar-refractivity contribution is 5.94. The highest BCUT2D eigenvalue weighted by Gasteiger charge is 3.05. The van der Waals surface area contributed by atoms with Crippen molar-refractivity contribution in [2.75, 3.05) is 0 Å². The molecule has 3 unspecified atom stereocenters. The minimum Gasteiger partial charge on any atom is -0.456 e. The number of aliphatic hydroxyl groups is 4. The van der Waals surface area contributed by atoms with Gasteiger partial charge in [0.15, 0.2) is 17.8 Å². The molecule has 11 heteroatoms. The van der Waals surface area contributed by atoms with Gasteiger partial charge < -0.3 is 39.4 Å². The molecule has 12 atom stereocenters. The molecule has 4 saturated heterocycles. The van der Waals surface area contributed by atoms with Crippen LogP contribution < -0.4 is 0 Å². The first-order valence-corrected chi connectivity index (χ1v) is 10.3. The quantitative estimate of drug-likeness (QED) is 0.234. The van der Waals surface area contributed by atoms with Gasteiger partial charge in [-0.2, -0.15) is 0 Å². The highest BCUT2D eigenvalue weighted by Crippen LogP contribution is 2.84. The molecule has 6 fully saturated rings. The Hall–Kier alpha value is -1.79. The average molecular weight is 440 g/mol. The summed E-state index contributed by atoms with van der Waals surface area (Å²) < 4.78 is 22.2. The van der Waals surface area contributed by atoms with Crippen LogP contribution in [0.3, 0.4) is 0 Å². The number of carbonyl (C=O) groups excluding carboxylic acids is 3. The molecular weight excluding hydrogens is 416 g/mol. The third kappa shape index (κ3) is 1.43. The van der Waals surface area contributed by atoms with Gasteiger partial charge in [0.25, 0.3) is 0 Å². The van der Waals surface area contributed by atoms with Gasteiger partial charge in [0.05, 0.1) is 22.9 Å². The first kappa shape index (κ1) is 19.9. The second-order valence-electron chi connectivity index (χ2n) is 10.8. The van der Waals surface area contributed by atoms with Crippen LogP contribution in [0.5, 0.6) is 0 Å². The Morgan fingerprint density at radius 2 is 1.58 bits per heavy atom. The zero-order chi connectivity index (χ0) is 22.7. The Morgan fingerprint density at radius 1 is 0.935 bits per heavy atom. The summed E-state index contributed by atoms with van der Waals surface area (Å²) in [5.74, 6) is -5.22. The normalized spacial score (nSPS) is 61.0. The summed E-state index contributed by atoms with van der Waals surface area (Å²) in [6.45, 7) is 6.63. The van der Waals surface area contributed by atoms with Crippen molar-refractivity contribution in [1.29, 1.82) is 0 Å². The summed E-state index contributed by atoms with van der Waals surface area (Å²) in [5.41, 5.74) is -9.40. The maximum Gasteiger partial charge on any atom is 0.343 e. The van der Waals surface area contributed by atoms with Gasteiger partial charge in [0, 0.05) is 5.92 Å². The van der Waals surface area contributed by atoms with E-state index < -0.39 is 94.0 Å². The van der Waals surface area contributed by atoms with Crippen molar-refractivity contribution in [3.8, 4) is 0 Å². The fourth-order valence-corrected chi connectivity index (χ4v) is 8.27. The molecule has 31 heavy (non-hydrogen) atoms. The van der Waals surface area contributed by atoms with Crippen molar-refractivity contribution in [2.45, 2.75) is 75.7 Å². The van der Waals surface area contributed by atoms with E-state index in [1.165, 1.54) is 6.92 Å². The first-order chi connectivity index (χ1) is 14.3. The van der Waals surface area contributed by atoms with Crippen molar-refractivity contribution in [3.05, 3.63) is 0 Å². The third-order valence-electron chi connectivity index (χ3n) is 8.95. The summed E-state index contributed by atoms with van der Waals surface area (Å²) in [7, 11) is 0. The van der Waals surface area contributed by atoms with Crippen LogP contribution in [-0.2, 0) is 33.3 Å². The number of ether oxygens (including phenoxy) is 4. The summed E-state index contributed by atoms with van der Waals surface area (Å²) in [5, 5.41) is 46.1. The fourth-order valence-electron chi connectivity index (χ4n) is 8.27. The van der Waals surface area contributed by atoms with Crippen LogP contribution in [-0.4, -0.2) is 86.3 Å². The minimum absolute atomic E-state index is 0.792. The molecule has 0 aromatic rings. The molecule has 0 aromatic heterocycles. The van der Waals surface area contributed by atoms with Gasteiger partial charge in [-0.15, -0.1) is 0 Å². The van der Waals surface area contributed by atoms with E-state index in [2.05, 4.69) is 0 Å². The Bertz CT molecular complexity index is 957. The van der Waals surface area contributed by atoms with Gasteiger partial charge >= 0.3 is 17.9 Å². The largest absolute Gasteiger partial charge is 0.456 e. The topological polar surface area (TPSA) is 169 Å². The van der Waals surface area contributed by atoms with E-state index in [1.54, 1.807) is 20.8 Å². The Kier molecular flexibility index (Phi) is 3.15. The third-order valence-corrected chi connectivity index (χ3v) is 8.95. The molecule has 0 amide bonds. The number of hydrogen-bond acceptors (Lipinski definition) is 11. The molecule has 0 radical (unpaired) electrons. The van der Waals surface area contributed by atoms with E-state index in [9.17, 15) is 34.8 Å². The van der Waals surface area contributed by atoms with Gasteiger partial charge in [0.1, 0.15) is 12.2 Å². The molecule has 2 aliphatic carbocycles. The lowest BCUT2D eigenvalue weighted by Gasteiger charge is -2.47. The SMILES string of the molecule is C[C@@H]1C(=O)O[C@H]2[C@H](O)[C@]34[C@@H]5OC(=O)[C@]3(O[C@@H]3OC(=O)[C@H](O)C34C(C(C)(C)C)C5O)[C@@]12O. The van der Waals surface area contributed by atoms with Crippen LogP contribution >= 0.6 is 0 Å². The van der Waals surface area contributed by atoms with Crippen LogP contribution in [0.25, 0.3) is 0 Å². The fraction of sp³-hybridized carbons (Fsp3) is 0.850. The van der Waals surface area contributed by atoms with Crippen LogP contribution in [0.1, 0.15) is 27.7 Å². The van der Waals surface area contributed by atoms with Crippen LogP contribution in [0, 0.1) is 28.1 Å². The highest BCUT2D eigenvalue weighted by atomic mass is 16.8. The molecule has 0 aromatic carbocycles. The van der Waals surface area contributed by atoms with E-state index in [4.69, 9.17) is 18.9 Å². The smallest absolute Gasteiger partial charge is 0.343 e. The molecule has 2 spiro atoms. The summed E-state index contributed by atoms with van der Waals surface area (Å²) in [6.07, 6.45) is -9.69. The number of rotatable bonds is 0. The van der Waals surface area contributed by atoms with Crippen molar-refractivity contribution in [3.63, 3.8) is 0 Å². The molecule has 4 heterocycles. The van der Waals surface area contributed by atoms with E-state index in [1.807, 2.05) is 0 Å². The zero-order valence-electron chi connectivity index (χ0n) is 17.3. The summed E-state index contributed by atoms with van der Waals surface area (Å²) in [4.78, 5) is 38.3. The number of esters is 3. The van der Waals surface area contributed by atoms with Crippen LogP contribution in [0.15, 0.2) is 0 Å². The molecule has 170 valence electrons. The van der Waals surface area contributed by atoms with E-state index in [0.29, 0.717) is 0 Å². The minimum atomic E-state index is -2.40. The van der Waals surface area contributed by atoms with Gasteiger partial charge in [-0.1, -0.05) is 20.8 Å². The maximum absolute atomic E-state index is 13.4. The second kappa shape index (κ2) is 4.91. The van der Waals surface area contributed by atoms with E-state index in [0.717, 1.165) is 0 Å².